The van der Waals surface area contributed by atoms with Crippen molar-refractivity contribution in [2.45, 2.75) is 0 Å². The molecule has 6 N–H and O–H groups in total. The van der Waals surface area contributed by atoms with Crippen molar-refractivity contribution in [1.82, 2.24) is 9.97 Å². The van der Waals surface area contributed by atoms with Gasteiger partial charge in [0.15, 0.2) is 0 Å². The topological polar surface area (TPSA) is 102 Å². The highest BCUT2D eigenvalue weighted by Gasteiger charge is 2.05. The summed E-state index contributed by atoms with van der Waals surface area (Å²) in [6, 6.07) is 7.40. The zero-order valence-corrected chi connectivity index (χ0v) is 12.3. The maximum absolute atomic E-state index is 5.57. The number of nitrogens with one attached hydrogen (secondary N) is 2. The highest BCUT2D eigenvalue weighted by atomic mass is 79.9. The Morgan fingerprint density at radius 3 is 2.44 bits per heavy atom. The molecule has 1 aromatic carbocycles. The van der Waals surface area contributed by atoms with Gasteiger partial charge in [-0.3, -0.25) is 0 Å². The third kappa shape index (κ3) is 3.09. The molecule has 0 aliphatic heterocycles. The first-order valence-corrected chi connectivity index (χ1v) is 6.50. The van der Waals surface area contributed by atoms with Crippen molar-refractivity contribution in [3.05, 3.63) is 33.2 Å². The third-order valence-electron chi connectivity index (χ3n) is 2.09. The molecular weight excluding hydrogens is 364 g/mol. The molecule has 2 aromatic rings. The molecule has 1 heterocycles. The van der Waals surface area contributed by atoms with Gasteiger partial charge in [-0.1, -0.05) is 15.9 Å². The van der Waals surface area contributed by atoms with Gasteiger partial charge in [-0.15, -0.1) is 0 Å². The number of rotatable bonds is 3. The average molecular weight is 374 g/mol. The summed E-state index contributed by atoms with van der Waals surface area (Å²) in [5, 5.41) is 3.12. The van der Waals surface area contributed by atoms with Gasteiger partial charge in [-0.05, 0) is 34.1 Å². The predicted molar refractivity (Wildman–Crippen MR) is 79.4 cm³/mol. The van der Waals surface area contributed by atoms with Crippen molar-refractivity contribution in [3.8, 4) is 0 Å². The molecule has 0 amide bonds. The van der Waals surface area contributed by atoms with Crippen LogP contribution in [-0.2, 0) is 0 Å². The predicted octanol–water partition coefficient (Wildman–Crippen LogP) is 2.61. The van der Waals surface area contributed by atoms with Crippen LogP contribution in [0.5, 0.6) is 0 Å². The molecule has 0 fully saturated rings. The molecule has 18 heavy (non-hydrogen) atoms. The van der Waals surface area contributed by atoms with Gasteiger partial charge < -0.3 is 16.5 Å². The number of halogens is 2. The van der Waals surface area contributed by atoms with Crippen LogP contribution >= 0.6 is 31.9 Å². The Kier molecular flexibility index (Phi) is 4.00. The Morgan fingerprint density at radius 1 is 1.06 bits per heavy atom. The van der Waals surface area contributed by atoms with Gasteiger partial charge in [-0.2, -0.15) is 9.97 Å². The van der Waals surface area contributed by atoms with E-state index < -0.39 is 0 Å². The molecule has 0 atom stereocenters. The fraction of sp³-hybridized carbons (Fsp3) is 0. The SMILES string of the molecule is NNc1cc(Nc2ccc(Br)cc2Br)nc(N)n1. The Morgan fingerprint density at radius 2 is 1.78 bits per heavy atom. The number of nitrogens with zero attached hydrogens (tertiary/aromatic N) is 2. The lowest BCUT2D eigenvalue weighted by Gasteiger charge is -2.09. The van der Waals surface area contributed by atoms with Crippen molar-refractivity contribution in [3.63, 3.8) is 0 Å². The lowest BCUT2D eigenvalue weighted by Crippen LogP contribution is -2.11. The average Bonchev–Trinajstić information content (AvgIpc) is 2.32. The number of hydrazine groups is 1. The van der Waals surface area contributed by atoms with Gasteiger partial charge in [0.2, 0.25) is 5.95 Å². The number of nitrogen functional groups attached to an aromatic ring is 2. The number of anilines is 4. The molecule has 94 valence electrons. The van der Waals surface area contributed by atoms with Crippen LogP contribution in [0, 0.1) is 0 Å². The second kappa shape index (κ2) is 5.51. The summed E-state index contributed by atoms with van der Waals surface area (Å²) in [5.41, 5.74) is 8.86. The van der Waals surface area contributed by atoms with Crippen molar-refractivity contribution in [1.29, 1.82) is 0 Å². The van der Waals surface area contributed by atoms with Crippen LogP contribution in [0.15, 0.2) is 33.2 Å². The maximum atomic E-state index is 5.57. The van der Waals surface area contributed by atoms with Crippen LogP contribution in [-0.4, -0.2) is 9.97 Å². The van der Waals surface area contributed by atoms with Gasteiger partial charge in [-0.25, -0.2) is 5.84 Å². The number of aromatic nitrogens is 2. The molecule has 0 saturated carbocycles. The minimum Gasteiger partial charge on any atom is -0.368 e. The Hall–Kier alpha value is -1.38. The van der Waals surface area contributed by atoms with E-state index in [9.17, 15) is 0 Å². The van der Waals surface area contributed by atoms with E-state index in [2.05, 4.69) is 52.6 Å². The van der Waals surface area contributed by atoms with E-state index in [1.165, 1.54) is 0 Å². The Labute approximate surface area is 120 Å². The lowest BCUT2D eigenvalue weighted by atomic mass is 10.3. The first-order valence-electron chi connectivity index (χ1n) is 4.92. The Bertz CT molecular complexity index is 574. The van der Waals surface area contributed by atoms with E-state index in [-0.39, 0.29) is 5.95 Å². The summed E-state index contributed by atoms with van der Waals surface area (Å²) in [5.74, 6) is 6.43. The second-order valence-electron chi connectivity index (χ2n) is 3.39. The van der Waals surface area contributed by atoms with Crippen LogP contribution in [0.25, 0.3) is 0 Å². The van der Waals surface area contributed by atoms with Crippen LogP contribution in [0.4, 0.5) is 23.3 Å². The molecule has 6 nitrogen and oxygen atoms in total. The van der Waals surface area contributed by atoms with Gasteiger partial charge in [0.05, 0.1) is 5.69 Å². The molecular formula is C10H10Br2N6. The molecule has 2 rings (SSSR count). The van der Waals surface area contributed by atoms with E-state index in [4.69, 9.17) is 11.6 Å². The van der Waals surface area contributed by atoms with E-state index in [0.717, 1.165) is 14.6 Å². The van der Waals surface area contributed by atoms with Gasteiger partial charge in [0.1, 0.15) is 11.6 Å². The largest absolute Gasteiger partial charge is 0.368 e. The van der Waals surface area contributed by atoms with E-state index in [0.29, 0.717) is 11.6 Å². The van der Waals surface area contributed by atoms with Crippen molar-refractivity contribution in [2.24, 2.45) is 5.84 Å². The highest BCUT2D eigenvalue weighted by Crippen LogP contribution is 2.28. The van der Waals surface area contributed by atoms with E-state index >= 15 is 0 Å². The lowest BCUT2D eigenvalue weighted by molar-refractivity contribution is 1.15. The van der Waals surface area contributed by atoms with Gasteiger partial charge in [0.25, 0.3) is 0 Å². The fourth-order valence-corrected chi connectivity index (χ4v) is 2.48. The van der Waals surface area contributed by atoms with Crippen LogP contribution in [0.3, 0.4) is 0 Å². The number of hydrogen-bond acceptors (Lipinski definition) is 6. The smallest absolute Gasteiger partial charge is 0.223 e. The fourth-order valence-electron chi connectivity index (χ4n) is 1.33. The molecule has 0 aliphatic carbocycles. The molecule has 0 spiro atoms. The zero-order chi connectivity index (χ0) is 13.1. The normalized spacial score (nSPS) is 10.2. The van der Waals surface area contributed by atoms with Gasteiger partial charge >= 0.3 is 0 Å². The standard InChI is InChI=1S/C10H10Br2N6/c11-5-1-2-7(6(12)3-5)15-8-4-9(18-14)17-10(13)16-8/h1-4H,14H2,(H4,13,15,16,17,18). The molecule has 0 radical (unpaired) electrons. The summed E-state index contributed by atoms with van der Waals surface area (Å²) in [4.78, 5) is 7.97. The van der Waals surface area contributed by atoms with Crippen LogP contribution < -0.4 is 22.3 Å². The number of nitrogens with two attached hydrogens (primary N) is 2. The summed E-state index contributed by atoms with van der Waals surface area (Å²) in [6.45, 7) is 0. The minimum atomic E-state index is 0.140. The van der Waals surface area contributed by atoms with E-state index in [1.807, 2.05) is 18.2 Å². The molecule has 0 aliphatic rings. The first-order chi connectivity index (χ1) is 8.58. The highest BCUT2D eigenvalue weighted by molar-refractivity contribution is 9.11. The van der Waals surface area contributed by atoms with Crippen molar-refractivity contribution < 1.29 is 0 Å². The maximum Gasteiger partial charge on any atom is 0.223 e. The summed E-state index contributed by atoms with van der Waals surface area (Å²) < 4.78 is 1.88. The Balaban J connectivity index is 2.30. The summed E-state index contributed by atoms with van der Waals surface area (Å²) >= 11 is 6.84. The molecule has 0 saturated heterocycles. The first kappa shape index (κ1) is 13.1. The number of benzene rings is 1. The second-order valence-corrected chi connectivity index (χ2v) is 5.16. The number of hydrogen-bond donors (Lipinski definition) is 4. The molecule has 8 heteroatoms. The molecule has 1 aromatic heterocycles. The minimum absolute atomic E-state index is 0.140. The molecule has 0 unspecified atom stereocenters. The van der Waals surface area contributed by atoms with Gasteiger partial charge in [0, 0.05) is 15.0 Å². The third-order valence-corrected chi connectivity index (χ3v) is 3.23. The van der Waals surface area contributed by atoms with E-state index in [1.54, 1.807) is 6.07 Å². The van der Waals surface area contributed by atoms with Crippen molar-refractivity contribution in [2.75, 3.05) is 16.5 Å². The summed E-state index contributed by atoms with van der Waals surface area (Å²) in [6.07, 6.45) is 0. The quantitative estimate of drug-likeness (QED) is 0.487. The monoisotopic (exact) mass is 372 g/mol. The zero-order valence-electron chi connectivity index (χ0n) is 9.11. The van der Waals surface area contributed by atoms with Crippen molar-refractivity contribution >= 4 is 55.1 Å². The van der Waals surface area contributed by atoms with Crippen LogP contribution in [0.2, 0.25) is 0 Å². The summed E-state index contributed by atoms with van der Waals surface area (Å²) in [7, 11) is 0. The van der Waals surface area contributed by atoms with Crippen LogP contribution in [0.1, 0.15) is 0 Å². The molecule has 0 bridgehead atoms.